The van der Waals surface area contributed by atoms with Crippen LogP contribution in [0.2, 0.25) is 0 Å². The Hall–Kier alpha value is -4.66. The van der Waals surface area contributed by atoms with Gasteiger partial charge in [0.15, 0.2) is 0 Å². The fourth-order valence-corrected chi connectivity index (χ4v) is 3.53. The number of nitrogens with one attached hydrogen (secondary N) is 2. The zero-order valence-electron chi connectivity index (χ0n) is 21.0. The summed E-state index contributed by atoms with van der Waals surface area (Å²) in [4.78, 5) is 50.7. The van der Waals surface area contributed by atoms with Gasteiger partial charge in [-0.1, -0.05) is 91.0 Å². The molecule has 0 aliphatic carbocycles. The third-order valence-corrected chi connectivity index (χ3v) is 5.57. The molecular weight excluding hydrogens is 488 g/mol. The highest BCUT2D eigenvalue weighted by atomic mass is 16.6. The smallest absolute Gasteiger partial charge is 0.407 e. The fraction of sp³-hybridized carbons (Fsp3) is 0.241. The minimum atomic E-state index is -1.28. The van der Waals surface area contributed by atoms with E-state index in [4.69, 9.17) is 14.2 Å². The van der Waals surface area contributed by atoms with E-state index >= 15 is 0 Å². The first-order chi connectivity index (χ1) is 18.5. The summed E-state index contributed by atoms with van der Waals surface area (Å²) in [6.45, 7) is -0.315. The molecule has 0 heterocycles. The molecule has 9 nitrogen and oxygen atoms in total. The highest BCUT2D eigenvalue weighted by Gasteiger charge is 2.32. The quantitative estimate of drug-likeness (QED) is 0.215. The van der Waals surface area contributed by atoms with Crippen LogP contribution in [0.25, 0.3) is 0 Å². The molecule has 9 heteroatoms. The number of rotatable bonds is 12. The molecule has 0 aromatic heterocycles. The molecule has 2 atom stereocenters. The predicted molar refractivity (Wildman–Crippen MR) is 138 cm³/mol. The maximum atomic E-state index is 13.1. The van der Waals surface area contributed by atoms with Gasteiger partial charge in [-0.05, 0) is 23.1 Å². The maximum absolute atomic E-state index is 13.1. The minimum Gasteiger partial charge on any atom is -0.468 e. The Morgan fingerprint density at radius 3 is 1.71 bits per heavy atom. The number of esters is 2. The second kappa shape index (κ2) is 14.8. The van der Waals surface area contributed by atoms with Crippen molar-refractivity contribution < 1.29 is 33.4 Å². The SMILES string of the molecule is COC(=O)C(Cc1ccccc1)C(=O)NC(CNC(=O)OCc1ccccc1)C(=O)OCc1ccccc1. The van der Waals surface area contributed by atoms with Crippen molar-refractivity contribution in [2.75, 3.05) is 13.7 Å². The van der Waals surface area contributed by atoms with Crippen LogP contribution in [0.5, 0.6) is 0 Å². The summed E-state index contributed by atoms with van der Waals surface area (Å²) in [6, 6.07) is 25.8. The van der Waals surface area contributed by atoms with Crippen molar-refractivity contribution in [3.63, 3.8) is 0 Å². The number of ether oxygens (including phenoxy) is 3. The summed E-state index contributed by atoms with van der Waals surface area (Å²) in [6.07, 6.45) is -0.713. The van der Waals surface area contributed by atoms with Gasteiger partial charge in [-0.15, -0.1) is 0 Å². The van der Waals surface area contributed by atoms with Crippen LogP contribution < -0.4 is 10.6 Å². The molecule has 3 rings (SSSR count). The second-order valence-electron chi connectivity index (χ2n) is 8.36. The zero-order chi connectivity index (χ0) is 27.2. The maximum Gasteiger partial charge on any atom is 0.407 e. The first kappa shape index (κ1) is 27.9. The summed E-state index contributed by atoms with van der Waals surface area (Å²) in [5, 5.41) is 5.01. The minimum absolute atomic E-state index is 0.0314. The topological polar surface area (TPSA) is 120 Å². The number of carbonyl (C=O) groups excluding carboxylic acids is 4. The highest BCUT2D eigenvalue weighted by molar-refractivity contribution is 5.99. The highest BCUT2D eigenvalue weighted by Crippen LogP contribution is 2.12. The normalized spacial score (nSPS) is 11.9. The largest absolute Gasteiger partial charge is 0.468 e. The number of alkyl carbamates (subject to hydrolysis) is 1. The van der Waals surface area contributed by atoms with Crippen molar-refractivity contribution in [2.45, 2.75) is 25.7 Å². The summed E-state index contributed by atoms with van der Waals surface area (Å²) < 4.78 is 15.4. The van der Waals surface area contributed by atoms with Crippen molar-refractivity contribution in [3.05, 3.63) is 108 Å². The molecule has 0 radical (unpaired) electrons. The molecule has 0 saturated heterocycles. The molecule has 2 amide bonds. The lowest BCUT2D eigenvalue weighted by atomic mass is 9.98. The average molecular weight is 519 g/mol. The summed E-state index contributed by atoms with van der Waals surface area (Å²) in [7, 11) is 1.18. The molecule has 38 heavy (non-hydrogen) atoms. The van der Waals surface area contributed by atoms with E-state index in [-0.39, 0.29) is 26.2 Å². The van der Waals surface area contributed by atoms with E-state index < -0.39 is 35.9 Å². The number of hydrogen-bond acceptors (Lipinski definition) is 7. The van der Waals surface area contributed by atoms with Gasteiger partial charge < -0.3 is 24.8 Å². The predicted octanol–water partition coefficient (Wildman–Crippen LogP) is 3.17. The van der Waals surface area contributed by atoms with E-state index in [1.54, 1.807) is 60.7 Å². The van der Waals surface area contributed by atoms with E-state index in [0.717, 1.165) is 16.7 Å². The molecule has 0 bridgehead atoms. The van der Waals surface area contributed by atoms with E-state index in [2.05, 4.69) is 10.6 Å². The number of hydrogen-bond donors (Lipinski definition) is 2. The number of amides is 2. The van der Waals surface area contributed by atoms with Gasteiger partial charge in [-0.3, -0.25) is 9.59 Å². The van der Waals surface area contributed by atoms with Crippen LogP contribution in [0.1, 0.15) is 16.7 Å². The summed E-state index contributed by atoms with van der Waals surface area (Å²) in [5.41, 5.74) is 2.28. The van der Waals surface area contributed by atoms with Crippen LogP contribution in [-0.4, -0.2) is 43.6 Å². The number of benzene rings is 3. The summed E-state index contributed by atoms with van der Waals surface area (Å²) >= 11 is 0. The summed E-state index contributed by atoms with van der Waals surface area (Å²) in [5.74, 6) is -3.48. The van der Waals surface area contributed by atoms with E-state index in [1.807, 2.05) is 30.3 Å². The molecule has 3 aromatic carbocycles. The standard InChI is InChI=1S/C29H30N2O7/c1-36-27(33)24(17-21-11-5-2-6-12-21)26(32)31-25(28(34)37-19-22-13-7-3-8-14-22)18-30-29(35)38-20-23-15-9-4-10-16-23/h2-16,24-25H,17-20H2,1H3,(H,30,35)(H,31,32). The molecule has 0 aliphatic rings. The molecule has 0 saturated carbocycles. The van der Waals surface area contributed by atoms with Crippen molar-refractivity contribution in [3.8, 4) is 0 Å². The molecule has 0 aliphatic heterocycles. The molecule has 3 aromatic rings. The first-order valence-electron chi connectivity index (χ1n) is 12.0. The Morgan fingerprint density at radius 2 is 1.18 bits per heavy atom. The Balaban J connectivity index is 1.66. The van der Waals surface area contributed by atoms with Gasteiger partial charge >= 0.3 is 18.0 Å². The fourth-order valence-electron chi connectivity index (χ4n) is 3.53. The van der Waals surface area contributed by atoms with Gasteiger partial charge in [0.05, 0.1) is 13.7 Å². The van der Waals surface area contributed by atoms with Crippen LogP contribution in [0, 0.1) is 5.92 Å². The Kier molecular flexibility index (Phi) is 10.9. The monoisotopic (exact) mass is 518 g/mol. The Morgan fingerprint density at radius 1 is 0.684 bits per heavy atom. The lowest BCUT2D eigenvalue weighted by Gasteiger charge is -2.21. The molecule has 0 spiro atoms. The van der Waals surface area contributed by atoms with Crippen LogP contribution in [0.4, 0.5) is 4.79 Å². The van der Waals surface area contributed by atoms with E-state index in [0.29, 0.717) is 0 Å². The van der Waals surface area contributed by atoms with Crippen molar-refractivity contribution >= 4 is 23.9 Å². The van der Waals surface area contributed by atoms with Crippen molar-refractivity contribution in [1.82, 2.24) is 10.6 Å². The number of carbonyl (C=O) groups is 4. The lowest BCUT2D eigenvalue weighted by molar-refractivity contribution is -0.154. The number of methoxy groups -OCH3 is 1. The van der Waals surface area contributed by atoms with Crippen LogP contribution >= 0.6 is 0 Å². The van der Waals surface area contributed by atoms with E-state index in [1.165, 1.54) is 7.11 Å². The van der Waals surface area contributed by atoms with Crippen LogP contribution in [0.3, 0.4) is 0 Å². The van der Waals surface area contributed by atoms with Gasteiger partial charge in [0.2, 0.25) is 5.91 Å². The average Bonchev–Trinajstić information content (AvgIpc) is 2.96. The molecule has 2 unspecified atom stereocenters. The Labute approximate surface area is 221 Å². The van der Waals surface area contributed by atoms with Gasteiger partial charge in [0.25, 0.3) is 0 Å². The third kappa shape index (κ3) is 9.09. The van der Waals surface area contributed by atoms with Gasteiger partial charge in [0, 0.05) is 0 Å². The van der Waals surface area contributed by atoms with Crippen molar-refractivity contribution in [1.29, 1.82) is 0 Å². The first-order valence-corrected chi connectivity index (χ1v) is 12.0. The zero-order valence-corrected chi connectivity index (χ0v) is 21.0. The van der Waals surface area contributed by atoms with Gasteiger partial charge in [-0.2, -0.15) is 0 Å². The van der Waals surface area contributed by atoms with E-state index in [9.17, 15) is 19.2 Å². The molecular formula is C29H30N2O7. The molecule has 2 N–H and O–H groups in total. The van der Waals surface area contributed by atoms with Gasteiger partial charge in [-0.25, -0.2) is 9.59 Å². The van der Waals surface area contributed by atoms with Crippen molar-refractivity contribution in [2.24, 2.45) is 5.92 Å². The van der Waals surface area contributed by atoms with Gasteiger partial charge in [0.1, 0.15) is 25.2 Å². The Bertz CT molecular complexity index is 1190. The van der Waals surface area contributed by atoms with Crippen LogP contribution in [-0.2, 0) is 48.2 Å². The van der Waals surface area contributed by atoms with Crippen LogP contribution in [0.15, 0.2) is 91.0 Å². The second-order valence-corrected chi connectivity index (χ2v) is 8.36. The molecule has 0 fully saturated rings. The lowest BCUT2D eigenvalue weighted by Crippen LogP contribution is -2.52. The third-order valence-electron chi connectivity index (χ3n) is 5.57. The molecule has 198 valence electrons.